The van der Waals surface area contributed by atoms with Crippen LogP contribution < -0.4 is 15.5 Å². The molecule has 2 N–H and O–H groups in total. The van der Waals surface area contributed by atoms with Crippen LogP contribution in [0.2, 0.25) is 0 Å². The fourth-order valence-electron chi connectivity index (χ4n) is 3.04. The molecular formula is C18H24N4O2S. The Bertz CT molecular complexity index is 723. The second-order valence-corrected chi connectivity index (χ2v) is 7.31. The third kappa shape index (κ3) is 4.70. The molecule has 3 rings (SSSR count). The zero-order chi connectivity index (χ0) is 17.8. The molecule has 0 radical (unpaired) electrons. The zero-order valence-corrected chi connectivity index (χ0v) is 15.6. The highest BCUT2D eigenvalue weighted by Crippen LogP contribution is 2.28. The number of benzene rings is 1. The molecule has 0 bridgehead atoms. The van der Waals surface area contributed by atoms with Crippen molar-refractivity contribution in [1.29, 1.82) is 0 Å². The number of hydrogen-bond donors (Lipinski definition) is 2. The van der Waals surface area contributed by atoms with E-state index in [9.17, 15) is 4.79 Å². The minimum atomic E-state index is -0.227. The highest BCUT2D eigenvalue weighted by molar-refractivity contribution is 7.09. The molecule has 1 saturated heterocycles. The molecule has 0 unspecified atom stereocenters. The summed E-state index contributed by atoms with van der Waals surface area (Å²) >= 11 is 1.55. The Kier molecular flexibility index (Phi) is 5.55. The predicted octanol–water partition coefficient (Wildman–Crippen LogP) is 3.39. The van der Waals surface area contributed by atoms with Crippen molar-refractivity contribution in [3.8, 4) is 0 Å². The van der Waals surface area contributed by atoms with Gasteiger partial charge in [0.1, 0.15) is 5.01 Å². The van der Waals surface area contributed by atoms with Gasteiger partial charge in [-0.25, -0.2) is 9.78 Å². The molecule has 1 aliphatic heterocycles. The third-order valence-corrected chi connectivity index (χ3v) is 4.95. The van der Waals surface area contributed by atoms with Gasteiger partial charge < -0.3 is 20.3 Å². The summed E-state index contributed by atoms with van der Waals surface area (Å²) in [6, 6.07) is 7.64. The van der Waals surface area contributed by atoms with Gasteiger partial charge in [0.25, 0.3) is 0 Å². The van der Waals surface area contributed by atoms with Crippen molar-refractivity contribution in [2.45, 2.75) is 39.5 Å². The quantitative estimate of drug-likeness (QED) is 0.877. The second-order valence-electron chi connectivity index (χ2n) is 6.37. The molecule has 6 nitrogen and oxygen atoms in total. The number of aryl methyl sites for hydroxylation is 1. The molecule has 0 spiro atoms. The molecule has 0 saturated carbocycles. The van der Waals surface area contributed by atoms with Crippen LogP contribution in [-0.4, -0.2) is 36.3 Å². The maximum absolute atomic E-state index is 12.3. The van der Waals surface area contributed by atoms with Crippen molar-refractivity contribution in [1.82, 2.24) is 10.3 Å². The summed E-state index contributed by atoms with van der Waals surface area (Å²) in [4.78, 5) is 18.9. The van der Waals surface area contributed by atoms with Crippen molar-refractivity contribution in [2.75, 3.05) is 23.3 Å². The minimum Gasteiger partial charge on any atom is -0.372 e. The summed E-state index contributed by atoms with van der Waals surface area (Å²) in [5, 5.41) is 8.70. The standard InChI is InChI=1S/C18H24N4O2S/c1-12-11-25-17(20-12)8-19-18(23)21-15-6-4-5-7-16(15)22-9-13(2)24-14(3)10-22/h4-7,11,13-14H,8-10H2,1-3H3,(H2,19,21,23)/t13-,14-/m1/s1. The van der Waals surface area contributed by atoms with Gasteiger partial charge in [-0.3, -0.25) is 0 Å². The number of rotatable bonds is 4. The minimum absolute atomic E-state index is 0.166. The van der Waals surface area contributed by atoms with E-state index in [-0.39, 0.29) is 18.2 Å². The number of nitrogens with one attached hydrogen (secondary N) is 2. The molecule has 2 aromatic rings. The topological polar surface area (TPSA) is 66.5 Å². The molecule has 2 amide bonds. The largest absolute Gasteiger partial charge is 0.372 e. The van der Waals surface area contributed by atoms with Gasteiger partial charge in [0.15, 0.2) is 0 Å². The van der Waals surface area contributed by atoms with Crippen LogP contribution in [0.25, 0.3) is 0 Å². The first-order chi connectivity index (χ1) is 12.0. The summed E-state index contributed by atoms with van der Waals surface area (Å²) < 4.78 is 5.80. The molecule has 1 aliphatic rings. The SMILES string of the molecule is Cc1csc(CNC(=O)Nc2ccccc2N2C[C@@H](C)O[C@H](C)C2)n1. The van der Waals surface area contributed by atoms with Gasteiger partial charge in [-0.15, -0.1) is 11.3 Å². The van der Waals surface area contributed by atoms with Gasteiger partial charge in [0.2, 0.25) is 0 Å². The summed E-state index contributed by atoms with van der Waals surface area (Å²) in [6.07, 6.45) is 0.331. The van der Waals surface area contributed by atoms with Gasteiger partial charge in [0.05, 0.1) is 30.1 Å². The zero-order valence-electron chi connectivity index (χ0n) is 14.8. The van der Waals surface area contributed by atoms with Crippen molar-refractivity contribution in [3.05, 3.63) is 40.3 Å². The summed E-state index contributed by atoms with van der Waals surface area (Å²) in [5.74, 6) is 0. The summed E-state index contributed by atoms with van der Waals surface area (Å²) in [5.41, 5.74) is 2.80. The van der Waals surface area contributed by atoms with Gasteiger partial charge in [-0.1, -0.05) is 12.1 Å². The van der Waals surface area contributed by atoms with Crippen LogP contribution in [0.3, 0.4) is 0 Å². The lowest BCUT2D eigenvalue weighted by atomic mass is 10.1. The number of nitrogens with zero attached hydrogens (tertiary/aromatic N) is 2. The van der Waals surface area contributed by atoms with E-state index in [0.29, 0.717) is 6.54 Å². The molecular weight excluding hydrogens is 336 g/mol. The van der Waals surface area contributed by atoms with E-state index in [1.807, 2.05) is 36.6 Å². The lowest BCUT2D eigenvalue weighted by molar-refractivity contribution is -0.00517. The van der Waals surface area contributed by atoms with Crippen LogP contribution in [0.4, 0.5) is 16.2 Å². The number of morpholine rings is 1. The van der Waals surface area contributed by atoms with Crippen LogP contribution in [0, 0.1) is 6.92 Å². The number of carbonyl (C=O) groups is 1. The summed E-state index contributed by atoms with van der Waals surface area (Å²) in [7, 11) is 0. The highest BCUT2D eigenvalue weighted by Gasteiger charge is 2.24. The Labute approximate surface area is 152 Å². The van der Waals surface area contributed by atoms with E-state index in [0.717, 1.165) is 35.2 Å². The molecule has 25 heavy (non-hydrogen) atoms. The Morgan fingerprint density at radius 1 is 1.32 bits per heavy atom. The molecule has 0 aliphatic carbocycles. The van der Waals surface area contributed by atoms with Crippen molar-refractivity contribution >= 4 is 28.7 Å². The number of carbonyl (C=O) groups excluding carboxylic acids is 1. The Hall–Kier alpha value is -2.12. The maximum Gasteiger partial charge on any atom is 0.319 e. The first kappa shape index (κ1) is 17.7. The molecule has 134 valence electrons. The van der Waals surface area contributed by atoms with Crippen molar-refractivity contribution < 1.29 is 9.53 Å². The van der Waals surface area contributed by atoms with E-state index >= 15 is 0 Å². The Morgan fingerprint density at radius 2 is 2.04 bits per heavy atom. The molecule has 2 atom stereocenters. The number of amides is 2. The molecule has 1 aromatic carbocycles. The second kappa shape index (κ2) is 7.84. The first-order valence-corrected chi connectivity index (χ1v) is 9.34. The third-order valence-electron chi connectivity index (χ3n) is 3.98. The molecule has 1 aromatic heterocycles. The summed E-state index contributed by atoms with van der Waals surface area (Å²) in [6.45, 7) is 8.13. The van der Waals surface area contributed by atoms with Gasteiger partial charge in [-0.2, -0.15) is 0 Å². The van der Waals surface area contributed by atoms with Gasteiger partial charge in [0, 0.05) is 24.2 Å². The number of urea groups is 1. The fourth-order valence-corrected chi connectivity index (χ4v) is 3.75. The lowest BCUT2D eigenvalue weighted by Gasteiger charge is -2.37. The van der Waals surface area contributed by atoms with Crippen LogP contribution in [0.5, 0.6) is 0 Å². The van der Waals surface area contributed by atoms with E-state index < -0.39 is 0 Å². The predicted molar refractivity (Wildman–Crippen MR) is 101 cm³/mol. The number of hydrogen-bond acceptors (Lipinski definition) is 5. The molecule has 2 heterocycles. The van der Waals surface area contributed by atoms with Crippen LogP contribution in [-0.2, 0) is 11.3 Å². The average Bonchev–Trinajstić information content (AvgIpc) is 2.98. The van der Waals surface area contributed by atoms with Gasteiger partial charge in [-0.05, 0) is 32.9 Å². The van der Waals surface area contributed by atoms with Crippen LogP contribution in [0.15, 0.2) is 29.6 Å². The van der Waals surface area contributed by atoms with E-state index in [4.69, 9.17) is 4.74 Å². The van der Waals surface area contributed by atoms with E-state index in [1.54, 1.807) is 11.3 Å². The van der Waals surface area contributed by atoms with Crippen molar-refractivity contribution in [3.63, 3.8) is 0 Å². The van der Waals surface area contributed by atoms with Crippen LogP contribution >= 0.6 is 11.3 Å². The normalized spacial score (nSPS) is 20.4. The number of ether oxygens (including phenoxy) is 1. The monoisotopic (exact) mass is 360 g/mol. The Morgan fingerprint density at radius 3 is 2.72 bits per heavy atom. The maximum atomic E-state index is 12.3. The van der Waals surface area contributed by atoms with Crippen LogP contribution in [0.1, 0.15) is 24.5 Å². The van der Waals surface area contributed by atoms with Crippen molar-refractivity contribution in [2.24, 2.45) is 0 Å². The van der Waals surface area contributed by atoms with Gasteiger partial charge >= 0.3 is 6.03 Å². The Balaban J connectivity index is 1.65. The lowest BCUT2D eigenvalue weighted by Crippen LogP contribution is -2.45. The molecule has 7 heteroatoms. The highest BCUT2D eigenvalue weighted by atomic mass is 32.1. The number of aromatic nitrogens is 1. The number of para-hydroxylation sites is 2. The first-order valence-electron chi connectivity index (χ1n) is 8.46. The number of anilines is 2. The van der Waals surface area contributed by atoms with E-state index in [1.165, 1.54) is 0 Å². The smallest absolute Gasteiger partial charge is 0.319 e. The fraction of sp³-hybridized carbons (Fsp3) is 0.444. The number of thiazole rings is 1. The van der Waals surface area contributed by atoms with E-state index in [2.05, 4.69) is 34.4 Å². The molecule has 1 fully saturated rings. The average molecular weight is 360 g/mol.